The molecular weight excluding hydrogens is 488 g/mol. The Morgan fingerprint density at radius 2 is 1.81 bits per heavy atom. The summed E-state index contributed by atoms with van der Waals surface area (Å²) in [6, 6.07) is 14.8. The smallest absolute Gasteiger partial charge is 0.338 e. The highest BCUT2D eigenvalue weighted by Gasteiger charge is 2.36. The lowest BCUT2D eigenvalue weighted by atomic mass is 9.95. The topological polar surface area (TPSA) is 87.5 Å². The van der Waals surface area contributed by atoms with Crippen LogP contribution in [0.15, 0.2) is 65.0 Å². The summed E-state index contributed by atoms with van der Waals surface area (Å²) in [7, 11) is 0. The van der Waals surface area contributed by atoms with Crippen molar-refractivity contribution in [3.05, 3.63) is 70.9 Å². The largest absolute Gasteiger partial charge is 0.490 e. The molecule has 2 heterocycles. The number of hydrogen-bond donors (Lipinski definition) is 1. The Balaban J connectivity index is 1.72. The highest BCUT2D eigenvalue weighted by Crippen LogP contribution is 2.40. The first kappa shape index (κ1) is 26.6. The van der Waals surface area contributed by atoms with Crippen LogP contribution in [-0.4, -0.2) is 39.7 Å². The van der Waals surface area contributed by atoms with Crippen molar-refractivity contribution in [1.29, 1.82) is 0 Å². The molecule has 196 valence electrons. The molecule has 37 heavy (non-hydrogen) atoms. The number of hydrogen-bond acceptors (Lipinski definition) is 8. The van der Waals surface area contributed by atoms with Crippen LogP contribution in [0.4, 0.5) is 5.95 Å². The summed E-state index contributed by atoms with van der Waals surface area (Å²) in [6.45, 7) is 9.08. The van der Waals surface area contributed by atoms with Crippen LogP contribution >= 0.6 is 11.8 Å². The standard InChI is InChI=1S/C28H34N4O4S/c1-5-8-16-37-28-30-27-29-19(4)24(26(33)36-18-20-12-10-9-11-13-20)25(32(27)31-28)21-14-15-22(34-6-2)23(17-21)35-7-3/h9-15,17,25H,5-8,16,18H2,1-4H3,(H,29,30,31). The molecule has 4 rings (SSSR count). The molecule has 0 aliphatic carbocycles. The first-order chi connectivity index (χ1) is 18.0. The molecule has 9 heteroatoms. The van der Waals surface area contributed by atoms with Gasteiger partial charge in [-0.15, -0.1) is 5.10 Å². The van der Waals surface area contributed by atoms with Gasteiger partial charge in [-0.05, 0) is 50.5 Å². The van der Waals surface area contributed by atoms with Crippen LogP contribution in [0.2, 0.25) is 0 Å². The van der Waals surface area contributed by atoms with Crippen molar-refractivity contribution in [2.75, 3.05) is 24.3 Å². The van der Waals surface area contributed by atoms with Crippen molar-refractivity contribution < 1.29 is 19.0 Å². The second-order valence-electron chi connectivity index (χ2n) is 8.56. The zero-order valence-corrected chi connectivity index (χ0v) is 22.6. The van der Waals surface area contributed by atoms with Crippen molar-refractivity contribution in [3.8, 4) is 11.5 Å². The molecule has 0 spiro atoms. The summed E-state index contributed by atoms with van der Waals surface area (Å²) in [5.74, 6) is 2.39. The second-order valence-corrected chi connectivity index (χ2v) is 9.63. The molecule has 1 aliphatic rings. The average Bonchev–Trinajstić information content (AvgIpc) is 3.30. The SMILES string of the molecule is CCCCSc1nc2n(n1)C(c1ccc(OCC)c(OCC)c1)C(C(=O)OCc1ccccc1)=C(C)N2. The van der Waals surface area contributed by atoms with E-state index in [4.69, 9.17) is 24.3 Å². The molecule has 0 saturated heterocycles. The van der Waals surface area contributed by atoms with Crippen LogP contribution in [-0.2, 0) is 16.1 Å². The number of aromatic nitrogens is 3. The van der Waals surface area contributed by atoms with Gasteiger partial charge in [0.25, 0.3) is 0 Å². The number of thioether (sulfide) groups is 1. The predicted octanol–water partition coefficient (Wildman–Crippen LogP) is 6.00. The molecule has 1 aliphatic heterocycles. The Bertz CT molecular complexity index is 1240. The Kier molecular flexibility index (Phi) is 9.11. The van der Waals surface area contributed by atoms with Crippen molar-refractivity contribution >= 4 is 23.7 Å². The highest BCUT2D eigenvalue weighted by atomic mass is 32.2. The zero-order chi connectivity index (χ0) is 26.2. The van der Waals surface area contributed by atoms with Gasteiger partial charge in [-0.3, -0.25) is 0 Å². The lowest BCUT2D eigenvalue weighted by Gasteiger charge is -2.28. The monoisotopic (exact) mass is 522 g/mol. The third-order valence-corrected chi connectivity index (χ3v) is 6.80. The van der Waals surface area contributed by atoms with Gasteiger partial charge in [0, 0.05) is 11.4 Å². The lowest BCUT2D eigenvalue weighted by molar-refractivity contribution is -0.140. The minimum atomic E-state index is -0.539. The summed E-state index contributed by atoms with van der Waals surface area (Å²) in [5, 5.41) is 8.73. The van der Waals surface area contributed by atoms with E-state index in [1.807, 2.05) is 69.3 Å². The van der Waals surface area contributed by atoms with E-state index in [0.717, 1.165) is 29.7 Å². The van der Waals surface area contributed by atoms with Crippen molar-refractivity contribution in [1.82, 2.24) is 14.8 Å². The third-order valence-electron chi connectivity index (χ3n) is 5.88. The molecule has 3 aromatic rings. The minimum absolute atomic E-state index is 0.180. The number of rotatable bonds is 12. The molecule has 8 nitrogen and oxygen atoms in total. The van der Waals surface area contributed by atoms with Gasteiger partial charge in [0.2, 0.25) is 11.1 Å². The van der Waals surface area contributed by atoms with Crippen LogP contribution in [0, 0.1) is 0 Å². The average molecular weight is 523 g/mol. The van der Waals surface area contributed by atoms with E-state index in [-0.39, 0.29) is 6.61 Å². The van der Waals surface area contributed by atoms with Crippen LogP contribution in [0.3, 0.4) is 0 Å². The van der Waals surface area contributed by atoms with Gasteiger partial charge in [0.05, 0.1) is 18.8 Å². The maximum absolute atomic E-state index is 13.5. The van der Waals surface area contributed by atoms with Crippen LogP contribution in [0.5, 0.6) is 11.5 Å². The highest BCUT2D eigenvalue weighted by molar-refractivity contribution is 7.99. The molecule has 0 saturated carbocycles. The summed E-state index contributed by atoms with van der Waals surface area (Å²) >= 11 is 1.61. The molecule has 1 N–H and O–H groups in total. The number of allylic oxidation sites excluding steroid dienone is 1. The molecule has 0 bridgehead atoms. The molecular formula is C28H34N4O4S. The number of esters is 1. The normalized spacial score (nSPS) is 14.6. The van der Waals surface area contributed by atoms with Gasteiger partial charge in [0.1, 0.15) is 12.6 Å². The van der Waals surface area contributed by atoms with E-state index in [1.165, 1.54) is 0 Å². The Morgan fingerprint density at radius 3 is 2.54 bits per heavy atom. The first-order valence-corrected chi connectivity index (χ1v) is 13.7. The molecule has 0 radical (unpaired) electrons. The predicted molar refractivity (Wildman–Crippen MR) is 145 cm³/mol. The number of unbranched alkanes of at least 4 members (excludes halogenated alkanes) is 1. The first-order valence-electron chi connectivity index (χ1n) is 12.7. The maximum Gasteiger partial charge on any atom is 0.338 e. The van der Waals surface area contributed by atoms with Gasteiger partial charge >= 0.3 is 5.97 Å². The van der Waals surface area contributed by atoms with Crippen molar-refractivity contribution in [2.24, 2.45) is 0 Å². The van der Waals surface area contributed by atoms with E-state index in [9.17, 15) is 4.79 Å². The molecule has 0 amide bonds. The summed E-state index contributed by atoms with van der Waals surface area (Å²) in [4.78, 5) is 18.2. The minimum Gasteiger partial charge on any atom is -0.490 e. The Hall–Kier alpha value is -3.46. The number of anilines is 1. The van der Waals surface area contributed by atoms with Gasteiger partial charge in [-0.1, -0.05) is 61.5 Å². The van der Waals surface area contributed by atoms with Crippen LogP contribution < -0.4 is 14.8 Å². The van der Waals surface area contributed by atoms with Gasteiger partial charge in [-0.2, -0.15) is 4.98 Å². The third kappa shape index (κ3) is 6.28. The van der Waals surface area contributed by atoms with Gasteiger partial charge in [-0.25, -0.2) is 9.48 Å². The number of fused-ring (bicyclic) bond motifs is 1. The Morgan fingerprint density at radius 1 is 1.05 bits per heavy atom. The quantitative estimate of drug-likeness (QED) is 0.176. The molecule has 1 unspecified atom stereocenters. The van der Waals surface area contributed by atoms with E-state index in [2.05, 4.69) is 12.2 Å². The fourth-order valence-electron chi connectivity index (χ4n) is 4.11. The number of carbonyl (C=O) groups is 1. The summed E-state index contributed by atoms with van der Waals surface area (Å²) in [6.07, 6.45) is 2.18. The number of benzene rings is 2. The van der Waals surface area contributed by atoms with Crippen LogP contribution in [0.25, 0.3) is 0 Å². The molecule has 1 atom stereocenters. The van der Waals surface area contributed by atoms with Crippen LogP contribution in [0.1, 0.15) is 57.7 Å². The van der Waals surface area contributed by atoms with E-state index >= 15 is 0 Å². The molecule has 1 aromatic heterocycles. The second kappa shape index (κ2) is 12.7. The van der Waals surface area contributed by atoms with E-state index in [0.29, 0.717) is 47.1 Å². The molecule has 2 aromatic carbocycles. The lowest BCUT2D eigenvalue weighted by Crippen LogP contribution is -2.29. The Labute approximate surface area is 222 Å². The van der Waals surface area contributed by atoms with Gasteiger partial charge in [0.15, 0.2) is 11.5 Å². The molecule has 0 fully saturated rings. The summed E-state index contributed by atoms with van der Waals surface area (Å²) < 4.78 is 19.2. The number of carbonyl (C=O) groups excluding carboxylic acids is 1. The zero-order valence-electron chi connectivity index (χ0n) is 21.8. The fraction of sp³-hybridized carbons (Fsp3) is 0.393. The van der Waals surface area contributed by atoms with Gasteiger partial charge < -0.3 is 19.5 Å². The van der Waals surface area contributed by atoms with E-state index < -0.39 is 12.0 Å². The van der Waals surface area contributed by atoms with E-state index in [1.54, 1.807) is 16.4 Å². The van der Waals surface area contributed by atoms with Crippen molar-refractivity contribution in [3.63, 3.8) is 0 Å². The number of ether oxygens (including phenoxy) is 3. The summed E-state index contributed by atoms with van der Waals surface area (Å²) in [5.41, 5.74) is 2.91. The number of nitrogens with zero attached hydrogens (tertiary/aromatic N) is 3. The fourth-order valence-corrected chi connectivity index (χ4v) is 5.02. The maximum atomic E-state index is 13.5. The number of nitrogens with one attached hydrogen (secondary N) is 1. The van der Waals surface area contributed by atoms with Crippen molar-refractivity contribution in [2.45, 2.75) is 58.3 Å².